The van der Waals surface area contributed by atoms with Gasteiger partial charge in [0.05, 0.1) is 5.69 Å². The third kappa shape index (κ3) is 2.46. The molecule has 0 atom stereocenters. The predicted octanol–water partition coefficient (Wildman–Crippen LogP) is 3.70. The molecule has 3 heterocycles. The molecule has 1 aliphatic carbocycles. The van der Waals surface area contributed by atoms with Crippen molar-refractivity contribution in [1.82, 2.24) is 14.9 Å². The molecule has 0 spiro atoms. The summed E-state index contributed by atoms with van der Waals surface area (Å²) in [4.78, 5) is 21.7. The molecule has 26 heavy (non-hydrogen) atoms. The Morgan fingerprint density at radius 1 is 1.19 bits per heavy atom. The van der Waals surface area contributed by atoms with Crippen LogP contribution in [0, 0.1) is 0 Å². The summed E-state index contributed by atoms with van der Waals surface area (Å²) in [7, 11) is 0. The smallest absolute Gasteiger partial charge is 0.219 e. The third-order valence-electron chi connectivity index (χ3n) is 5.69. The summed E-state index contributed by atoms with van der Waals surface area (Å²) in [6.07, 6.45) is 6.31. The SMILES string of the molecule is CC(=O)N1CCc2[nH]c3nccc(Nc4ccc5c(c4)CCC5)c3c2C1. The van der Waals surface area contributed by atoms with E-state index in [9.17, 15) is 4.79 Å². The first kappa shape index (κ1) is 15.4. The van der Waals surface area contributed by atoms with Gasteiger partial charge in [0.25, 0.3) is 0 Å². The van der Waals surface area contributed by atoms with Crippen molar-refractivity contribution in [3.05, 3.63) is 52.8 Å². The van der Waals surface area contributed by atoms with Crippen LogP contribution >= 0.6 is 0 Å². The monoisotopic (exact) mass is 346 g/mol. The summed E-state index contributed by atoms with van der Waals surface area (Å²) in [6, 6.07) is 8.70. The quantitative estimate of drug-likeness (QED) is 0.744. The number of benzene rings is 1. The van der Waals surface area contributed by atoms with E-state index < -0.39 is 0 Å². The maximum atomic E-state index is 11.8. The molecule has 0 unspecified atom stereocenters. The molecule has 5 nitrogen and oxygen atoms in total. The van der Waals surface area contributed by atoms with Gasteiger partial charge in [0.1, 0.15) is 5.65 Å². The first-order chi connectivity index (χ1) is 12.7. The summed E-state index contributed by atoms with van der Waals surface area (Å²) in [6.45, 7) is 3.06. The van der Waals surface area contributed by atoms with E-state index in [2.05, 4.69) is 33.5 Å². The largest absolute Gasteiger partial charge is 0.355 e. The van der Waals surface area contributed by atoms with E-state index in [0.29, 0.717) is 6.54 Å². The van der Waals surface area contributed by atoms with Crippen LogP contribution in [-0.2, 0) is 30.6 Å². The number of amides is 1. The number of hydrogen-bond donors (Lipinski definition) is 2. The minimum atomic E-state index is 0.127. The Kier molecular flexibility index (Phi) is 3.48. The summed E-state index contributed by atoms with van der Waals surface area (Å²) < 4.78 is 0. The Bertz CT molecular complexity index is 1020. The van der Waals surface area contributed by atoms with Gasteiger partial charge >= 0.3 is 0 Å². The molecule has 132 valence electrons. The molecule has 2 aromatic heterocycles. The molecular formula is C21H22N4O. The molecule has 5 heteroatoms. The zero-order chi connectivity index (χ0) is 17.7. The minimum absolute atomic E-state index is 0.127. The van der Waals surface area contributed by atoms with Gasteiger partial charge in [-0.3, -0.25) is 4.79 Å². The summed E-state index contributed by atoms with van der Waals surface area (Å²) in [5.74, 6) is 0.127. The van der Waals surface area contributed by atoms with Crippen molar-refractivity contribution < 1.29 is 4.79 Å². The Balaban J connectivity index is 1.56. The molecule has 2 N–H and O–H groups in total. The normalized spacial score (nSPS) is 15.8. The average molecular weight is 346 g/mol. The molecule has 1 amide bonds. The van der Waals surface area contributed by atoms with Crippen molar-refractivity contribution in [3.8, 4) is 0 Å². The Labute approximate surface area is 152 Å². The van der Waals surface area contributed by atoms with Gasteiger partial charge in [-0.15, -0.1) is 0 Å². The number of carbonyl (C=O) groups excluding carboxylic acids is 1. The van der Waals surface area contributed by atoms with Gasteiger partial charge in [0.2, 0.25) is 5.91 Å². The maximum Gasteiger partial charge on any atom is 0.219 e. The summed E-state index contributed by atoms with van der Waals surface area (Å²) >= 11 is 0. The van der Waals surface area contributed by atoms with Gasteiger partial charge in [-0.25, -0.2) is 4.98 Å². The number of nitrogens with zero attached hydrogens (tertiary/aromatic N) is 2. The highest BCUT2D eigenvalue weighted by Crippen LogP contribution is 2.34. The molecule has 2 aliphatic rings. The topological polar surface area (TPSA) is 61.0 Å². The number of carbonyl (C=O) groups is 1. The lowest BCUT2D eigenvalue weighted by molar-refractivity contribution is -0.129. The number of hydrogen-bond acceptors (Lipinski definition) is 3. The first-order valence-corrected chi connectivity index (χ1v) is 9.32. The first-order valence-electron chi connectivity index (χ1n) is 9.32. The van der Waals surface area contributed by atoms with Crippen LogP contribution in [-0.4, -0.2) is 27.3 Å². The average Bonchev–Trinajstić information content (AvgIpc) is 3.25. The van der Waals surface area contributed by atoms with E-state index >= 15 is 0 Å². The maximum absolute atomic E-state index is 11.8. The van der Waals surface area contributed by atoms with Gasteiger partial charge in [-0.1, -0.05) is 6.07 Å². The second-order valence-corrected chi connectivity index (χ2v) is 7.32. The molecule has 1 aliphatic heterocycles. The fourth-order valence-corrected chi connectivity index (χ4v) is 4.31. The molecule has 0 saturated heterocycles. The van der Waals surface area contributed by atoms with Crippen LogP contribution in [0.25, 0.3) is 11.0 Å². The highest BCUT2D eigenvalue weighted by molar-refractivity contribution is 5.95. The molecule has 5 rings (SSSR count). The number of aromatic amines is 1. The van der Waals surface area contributed by atoms with E-state index in [0.717, 1.165) is 35.4 Å². The molecule has 1 aromatic carbocycles. The van der Waals surface area contributed by atoms with Crippen LogP contribution in [0.1, 0.15) is 35.7 Å². The van der Waals surface area contributed by atoms with Gasteiger partial charge in [0, 0.05) is 55.0 Å². The van der Waals surface area contributed by atoms with Crippen molar-refractivity contribution in [1.29, 1.82) is 0 Å². The van der Waals surface area contributed by atoms with Gasteiger partial charge in [-0.2, -0.15) is 0 Å². The summed E-state index contributed by atoms with van der Waals surface area (Å²) in [5, 5.41) is 4.70. The van der Waals surface area contributed by atoms with E-state index in [4.69, 9.17) is 0 Å². The number of nitrogens with one attached hydrogen (secondary N) is 2. The van der Waals surface area contributed by atoms with Gasteiger partial charge < -0.3 is 15.2 Å². The number of aromatic nitrogens is 2. The summed E-state index contributed by atoms with van der Waals surface area (Å²) in [5.41, 5.74) is 8.40. The number of aryl methyl sites for hydroxylation is 2. The van der Waals surface area contributed by atoms with Crippen LogP contribution in [0.15, 0.2) is 30.5 Å². The van der Waals surface area contributed by atoms with Crippen LogP contribution in [0.2, 0.25) is 0 Å². The highest BCUT2D eigenvalue weighted by atomic mass is 16.2. The third-order valence-corrected chi connectivity index (χ3v) is 5.69. The Hall–Kier alpha value is -2.82. The minimum Gasteiger partial charge on any atom is -0.355 e. The fraction of sp³-hybridized carbons (Fsp3) is 0.333. The molecule has 0 saturated carbocycles. The molecule has 0 radical (unpaired) electrons. The van der Waals surface area contributed by atoms with E-state index in [1.807, 2.05) is 17.2 Å². The molecule has 0 fully saturated rings. The van der Waals surface area contributed by atoms with Crippen molar-refractivity contribution >= 4 is 28.3 Å². The van der Waals surface area contributed by atoms with E-state index in [1.165, 1.54) is 41.6 Å². The van der Waals surface area contributed by atoms with Crippen molar-refractivity contribution in [2.75, 3.05) is 11.9 Å². The highest BCUT2D eigenvalue weighted by Gasteiger charge is 2.24. The molecule has 0 bridgehead atoms. The van der Waals surface area contributed by atoms with Crippen LogP contribution in [0.5, 0.6) is 0 Å². The van der Waals surface area contributed by atoms with Crippen LogP contribution in [0.3, 0.4) is 0 Å². The van der Waals surface area contributed by atoms with Crippen molar-refractivity contribution in [3.63, 3.8) is 0 Å². The number of fused-ring (bicyclic) bond motifs is 4. The Morgan fingerprint density at radius 2 is 2.08 bits per heavy atom. The van der Waals surface area contributed by atoms with Gasteiger partial charge in [0.15, 0.2) is 0 Å². The number of anilines is 2. The molecular weight excluding hydrogens is 324 g/mol. The van der Waals surface area contributed by atoms with Gasteiger partial charge in [-0.05, 0) is 48.6 Å². The van der Waals surface area contributed by atoms with Crippen molar-refractivity contribution in [2.45, 2.75) is 39.2 Å². The standard InChI is InChI=1S/C21H22N4O/c1-13(26)25-10-8-18-17(12-25)20-19(7-9-22-21(20)24-18)23-16-6-5-14-3-2-4-15(14)11-16/h5-7,9,11H,2-4,8,10,12H2,1H3,(H2,22,23,24). The zero-order valence-corrected chi connectivity index (χ0v) is 14.9. The molecule has 3 aromatic rings. The van der Waals surface area contributed by atoms with Crippen LogP contribution < -0.4 is 5.32 Å². The van der Waals surface area contributed by atoms with E-state index in [-0.39, 0.29) is 5.91 Å². The zero-order valence-electron chi connectivity index (χ0n) is 14.9. The van der Waals surface area contributed by atoms with E-state index in [1.54, 1.807) is 6.92 Å². The lowest BCUT2D eigenvalue weighted by Gasteiger charge is -2.26. The van der Waals surface area contributed by atoms with Crippen LogP contribution in [0.4, 0.5) is 11.4 Å². The second-order valence-electron chi connectivity index (χ2n) is 7.32. The lowest BCUT2D eigenvalue weighted by Crippen LogP contribution is -2.33. The number of rotatable bonds is 2. The predicted molar refractivity (Wildman–Crippen MR) is 103 cm³/mol. The second kappa shape index (κ2) is 5.87. The fourth-order valence-electron chi connectivity index (χ4n) is 4.31. The Morgan fingerprint density at radius 3 is 2.96 bits per heavy atom. The number of H-pyrrole nitrogens is 1. The lowest BCUT2D eigenvalue weighted by atomic mass is 10.0. The number of pyridine rings is 1. The van der Waals surface area contributed by atoms with Crippen molar-refractivity contribution in [2.24, 2.45) is 0 Å².